The molecule has 5 heteroatoms. The van der Waals surface area contributed by atoms with Crippen LogP contribution in [0.2, 0.25) is 0 Å². The summed E-state index contributed by atoms with van der Waals surface area (Å²) in [6.07, 6.45) is 6.78. The van der Waals surface area contributed by atoms with Crippen molar-refractivity contribution in [2.75, 3.05) is 6.61 Å². The van der Waals surface area contributed by atoms with Crippen molar-refractivity contribution in [3.8, 4) is 0 Å². The van der Waals surface area contributed by atoms with Crippen LogP contribution in [0, 0.1) is 0 Å². The maximum Gasteiger partial charge on any atom is 0.249 e. The summed E-state index contributed by atoms with van der Waals surface area (Å²) in [6.45, 7) is 6.49. The minimum Gasteiger partial charge on any atom is -0.365 e. The Balaban J connectivity index is 1.84. The Kier molecular flexibility index (Phi) is 4.15. The number of aryl methyl sites for hydroxylation is 1. The first-order valence-corrected chi connectivity index (χ1v) is 6.23. The Morgan fingerprint density at radius 1 is 1.83 bits per heavy atom. The third-order valence-corrected chi connectivity index (χ3v) is 3.11. The van der Waals surface area contributed by atoms with Gasteiger partial charge in [0.05, 0.1) is 6.61 Å². The molecule has 0 radical (unpaired) electrons. The van der Waals surface area contributed by atoms with Gasteiger partial charge in [-0.1, -0.05) is 6.08 Å². The lowest BCUT2D eigenvalue weighted by Gasteiger charge is -2.26. The second-order valence-electron chi connectivity index (χ2n) is 4.50. The smallest absolute Gasteiger partial charge is 0.249 e. The molecule has 0 bridgehead atoms. The number of rotatable bonds is 5. The van der Waals surface area contributed by atoms with Gasteiger partial charge < -0.3 is 14.6 Å². The summed E-state index contributed by atoms with van der Waals surface area (Å²) in [5.74, 6) is 1.03. The Hall–Kier alpha value is -1.62. The fourth-order valence-corrected chi connectivity index (χ4v) is 2.09. The van der Waals surface area contributed by atoms with E-state index in [1.165, 1.54) is 0 Å². The molecule has 2 heterocycles. The Morgan fingerprint density at radius 2 is 2.67 bits per heavy atom. The summed E-state index contributed by atoms with van der Waals surface area (Å²) >= 11 is 0. The van der Waals surface area contributed by atoms with Crippen LogP contribution in [0.1, 0.15) is 19.2 Å². The number of fused-ring (bicyclic) bond motifs is 1. The van der Waals surface area contributed by atoms with Gasteiger partial charge >= 0.3 is 0 Å². The van der Waals surface area contributed by atoms with Gasteiger partial charge in [-0.3, -0.25) is 4.79 Å². The molecule has 0 saturated heterocycles. The van der Waals surface area contributed by atoms with Crippen LogP contribution >= 0.6 is 0 Å². The molecule has 1 aliphatic rings. The SMILES string of the molecule is C=CCO[C@@H](C)C(=O)N[C@H]1CCc2nccn2C1. The predicted octanol–water partition coefficient (Wildman–Crippen LogP) is 0.905. The van der Waals surface area contributed by atoms with Crippen LogP contribution in [0.5, 0.6) is 0 Å². The highest BCUT2D eigenvalue weighted by molar-refractivity contribution is 5.80. The topological polar surface area (TPSA) is 56.1 Å². The second-order valence-corrected chi connectivity index (χ2v) is 4.50. The van der Waals surface area contributed by atoms with E-state index in [2.05, 4.69) is 21.4 Å². The van der Waals surface area contributed by atoms with Gasteiger partial charge in [-0.05, 0) is 13.3 Å². The number of ether oxygens (including phenoxy) is 1. The van der Waals surface area contributed by atoms with E-state index in [0.717, 1.165) is 25.2 Å². The zero-order valence-corrected chi connectivity index (χ0v) is 10.6. The highest BCUT2D eigenvalue weighted by Gasteiger charge is 2.22. The number of nitrogens with one attached hydrogen (secondary N) is 1. The molecule has 0 aliphatic carbocycles. The molecule has 1 N–H and O–H groups in total. The molecule has 0 aromatic carbocycles. The Bertz CT molecular complexity index is 428. The van der Waals surface area contributed by atoms with Crippen LogP contribution in [0.25, 0.3) is 0 Å². The number of nitrogens with zero attached hydrogens (tertiary/aromatic N) is 2. The molecule has 1 amide bonds. The van der Waals surface area contributed by atoms with Crippen molar-refractivity contribution in [2.24, 2.45) is 0 Å². The molecule has 98 valence electrons. The van der Waals surface area contributed by atoms with Crippen LogP contribution in [0.15, 0.2) is 25.0 Å². The fraction of sp³-hybridized carbons (Fsp3) is 0.538. The summed E-state index contributed by atoms with van der Waals surface area (Å²) in [7, 11) is 0. The molecule has 18 heavy (non-hydrogen) atoms. The number of carbonyl (C=O) groups is 1. The van der Waals surface area contributed by atoms with E-state index in [0.29, 0.717) is 6.61 Å². The van der Waals surface area contributed by atoms with Gasteiger partial charge in [-0.25, -0.2) is 4.98 Å². The molecule has 0 fully saturated rings. The molecule has 0 unspecified atom stereocenters. The van der Waals surface area contributed by atoms with E-state index in [1.807, 2.05) is 6.20 Å². The number of hydrogen-bond donors (Lipinski definition) is 1. The lowest BCUT2D eigenvalue weighted by molar-refractivity contribution is -0.132. The summed E-state index contributed by atoms with van der Waals surface area (Å²) < 4.78 is 7.39. The van der Waals surface area contributed by atoms with Crippen LogP contribution in [-0.2, 0) is 22.5 Å². The number of carbonyl (C=O) groups excluding carboxylic acids is 1. The second kappa shape index (κ2) is 5.82. The maximum absolute atomic E-state index is 11.9. The Labute approximate surface area is 107 Å². The normalized spacial score (nSPS) is 19.9. The van der Waals surface area contributed by atoms with Crippen LogP contribution in [0.4, 0.5) is 0 Å². The van der Waals surface area contributed by atoms with Crippen molar-refractivity contribution in [3.05, 3.63) is 30.9 Å². The highest BCUT2D eigenvalue weighted by atomic mass is 16.5. The van der Waals surface area contributed by atoms with Crippen LogP contribution in [0.3, 0.4) is 0 Å². The summed E-state index contributed by atoms with van der Waals surface area (Å²) in [5, 5.41) is 3.01. The van der Waals surface area contributed by atoms with Crippen molar-refractivity contribution >= 4 is 5.91 Å². The molecular weight excluding hydrogens is 230 g/mol. The van der Waals surface area contributed by atoms with Crippen molar-refractivity contribution in [3.63, 3.8) is 0 Å². The van der Waals surface area contributed by atoms with E-state index in [-0.39, 0.29) is 11.9 Å². The zero-order chi connectivity index (χ0) is 13.0. The number of aromatic nitrogens is 2. The highest BCUT2D eigenvalue weighted by Crippen LogP contribution is 2.13. The maximum atomic E-state index is 11.9. The lowest BCUT2D eigenvalue weighted by atomic mass is 10.1. The van der Waals surface area contributed by atoms with Crippen molar-refractivity contribution in [2.45, 2.75) is 38.5 Å². The van der Waals surface area contributed by atoms with Gasteiger partial charge in [0, 0.05) is 31.4 Å². The van der Waals surface area contributed by atoms with E-state index < -0.39 is 6.10 Å². The van der Waals surface area contributed by atoms with Gasteiger partial charge in [0.15, 0.2) is 0 Å². The average molecular weight is 249 g/mol. The largest absolute Gasteiger partial charge is 0.365 e. The number of amides is 1. The minimum absolute atomic E-state index is 0.0644. The summed E-state index contributed by atoms with van der Waals surface area (Å²) in [5.41, 5.74) is 0. The summed E-state index contributed by atoms with van der Waals surface area (Å²) in [6, 6.07) is 0.161. The van der Waals surface area contributed by atoms with Crippen LogP contribution < -0.4 is 5.32 Å². The molecule has 0 saturated carbocycles. The van der Waals surface area contributed by atoms with Gasteiger partial charge in [-0.15, -0.1) is 6.58 Å². The number of hydrogen-bond acceptors (Lipinski definition) is 3. The molecule has 1 aromatic heterocycles. The Morgan fingerprint density at radius 3 is 3.44 bits per heavy atom. The molecule has 1 aromatic rings. The van der Waals surface area contributed by atoms with Gasteiger partial charge in [0.1, 0.15) is 11.9 Å². The summed E-state index contributed by atoms with van der Waals surface area (Å²) in [4.78, 5) is 16.1. The quantitative estimate of drug-likeness (QED) is 0.789. The molecule has 2 rings (SSSR count). The third-order valence-electron chi connectivity index (χ3n) is 3.11. The zero-order valence-electron chi connectivity index (χ0n) is 10.6. The third kappa shape index (κ3) is 2.98. The van der Waals surface area contributed by atoms with Gasteiger partial charge in [-0.2, -0.15) is 0 Å². The van der Waals surface area contributed by atoms with E-state index in [9.17, 15) is 4.79 Å². The van der Waals surface area contributed by atoms with Crippen LogP contribution in [-0.4, -0.2) is 34.2 Å². The van der Waals surface area contributed by atoms with Crippen molar-refractivity contribution in [1.82, 2.24) is 14.9 Å². The standard InChI is InChI=1S/C13H19N3O2/c1-3-8-18-10(2)13(17)15-11-4-5-12-14-6-7-16(12)9-11/h3,6-7,10-11H,1,4-5,8-9H2,2H3,(H,15,17)/t10-,11-/m0/s1. The minimum atomic E-state index is -0.438. The predicted molar refractivity (Wildman–Crippen MR) is 68.1 cm³/mol. The molecular formula is C13H19N3O2. The molecule has 0 spiro atoms. The lowest BCUT2D eigenvalue weighted by Crippen LogP contribution is -2.45. The fourth-order valence-electron chi connectivity index (χ4n) is 2.09. The molecule has 2 atom stereocenters. The van der Waals surface area contributed by atoms with E-state index in [1.54, 1.807) is 19.2 Å². The van der Waals surface area contributed by atoms with Gasteiger partial charge in [0.2, 0.25) is 5.91 Å². The molecule has 1 aliphatic heterocycles. The van der Waals surface area contributed by atoms with Crippen molar-refractivity contribution in [1.29, 1.82) is 0 Å². The van der Waals surface area contributed by atoms with Crippen molar-refractivity contribution < 1.29 is 9.53 Å². The number of imidazole rings is 1. The first kappa shape index (κ1) is 12.8. The van der Waals surface area contributed by atoms with E-state index >= 15 is 0 Å². The average Bonchev–Trinajstić information content (AvgIpc) is 2.83. The monoisotopic (exact) mass is 249 g/mol. The first-order chi connectivity index (χ1) is 8.70. The first-order valence-electron chi connectivity index (χ1n) is 6.23. The van der Waals surface area contributed by atoms with Gasteiger partial charge in [0.25, 0.3) is 0 Å². The molecule has 5 nitrogen and oxygen atoms in total. The van der Waals surface area contributed by atoms with E-state index in [4.69, 9.17) is 4.74 Å².